The summed E-state index contributed by atoms with van der Waals surface area (Å²) in [7, 11) is 0. The van der Waals surface area contributed by atoms with Crippen molar-refractivity contribution in [1.82, 2.24) is 30.0 Å². The van der Waals surface area contributed by atoms with Crippen LogP contribution in [-0.4, -0.2) is 35.9 Å². The van der Waals surface area contributed by atoms with E-state index in [1.807, 2.05) is 6.92 Å². The molecule has 0 aliphatic carbocycles. The van der Waals surface area contributed by atoms with Crippen LogP contribution in [0, 0.1) is 25.6 Å². The SMILES string of the molecule is Cc1nn(CC(C)C)c(Cl)c1/C=C/C(=O)Nc1cc(-n2nnnc2C)ccc1F. The molecule has 3 rings (SSSR count). The summed E-state index contributed by atoms with van der Waals surface area (Å²) in [6.45, 7) is 8.34. The summed E-state index contributed by atoms with van der Waals surface area (Å²) in [4.78, 5) is 12.3. The van der Waals surface area contributed by atoms with Crippen LogP contribution < -0.4 is 5.32 Å². The zero-order chi connectivity index (χ0) is 21.1. The number of halogens is 2. The Morgan fingerprint density at radius 2 is 2.10 bits per heavy atom. The molecule has 3 aromatic rings. The summed E-state index contributed by atoms with van der Waals surface area (Å²) >= 11 is 6.37. The number of hydrogen-bond donors (Lipinski definition) is 1. The molecule has 1 aromatic carbocycles. The van der Waals surface area contributed by atoms with E-state index in [1.54, 1.807) is 17.7 Å². The maximum Gasteiger partial charge on any atom is 0.248 e. The van der Waals surface area contributed by atoms with E-state index < -0.39 is 11.7 Å². The molecule has 8 nitrogen and oxygen atoms in total. The normalized spacial score (nSPS) is 11.6. The van der Waals surface area contributed by atoms with Gasteiger partial charge in [0.05, 0.1) is 17.1 Å². The minimum absolute atomic E-state index is 0.0189. The highest BCUT2D eigenvalue weighted by atomic mass is 35.5. The highest BCUT2D eigenvalue weighted by molar-refractivity contribution is 6.31. The molecular weight excluding hydrogens is 397 g/mol. The Kier molecular flexibility index (Phi) is 6.07. The Bertz CT molecular complexity index is 1070. The first-order chi connectivity index (χ1) is 13.8. The number of benzene rings is 1. The maximum absolute atomic E-state index is 14.2. The lowest BCUT2D eigenvalue weighted by Gasteiger charge is -2.07. The first-order valence-electron chi connectivity index (χ1n) is 9.03. The van der Waals surface area contributed by atoms with Crippen LogP contribution in [-0.2, 0) is 11.3 Å². The van der Waals surface area contributed by atoms with Crippen LogP contribution in [0.2, 0.25) is 5.15 Å². The number of amides is 1. The van der Waals surface area contributed by atoms with Gasteiger partial charge in [0.25, 0.3) is 0 Å². The molecule has 0 spiro atoms. The molecule has 0 saturated carbocycles. The van der Waals surface area contributed by atoms with Gasteiger partial charge >= 0.3 is 0 Å². The number of rotatable bonds is 6. The highest BCUT2D eigenvalue weighted by Crippen LogP contribution is 2.23. The van der Waals surface area contributed by atoms with E-state index in [1.165, 1.54) is 29.0 Å². The highest BCUT2D eigenvalue weighted by Gasteiger charge is 2.13. The van der Waals surface area contributed by atoms with Gasteiger partial charge in [0.2, 0.25) is 5.91 Å². The van der Waals surface area contributed by atoms with Gasteiger partial charge in [-0.3, -0.25) is 9.48 Å². The molecule has 0 saturated heterocycles. The van der Waals surface area contributed by atoms with Crippen molar-refractivity contribution in [2.45, 2.75) is 34.2 Å². The number of nitrogens with one attached hydrogen (secondary N) is 1. The second-order valence-corrected chi connectivity index (χ2v) is 7.35. The molecule has 10 heteroatoms. The molecule has 2 heterocycles. The van der Waals surface area contributed by atoms with Crippen molar-refractivity contribution in [2.24, 2.45) is 5.92 Å². The molecule has 0 fully saturated rings. The third-order valence-electron chi connectivity index (χ3n) is 4.13. The third kappa shape index (κ3) is 4.68. The lowest BCUT2D eigenvalue weighted by Crippen LogP contribution is -2.10. The van der Waals surface area contributed by atoms with Crippen LogP contribution >= 0.6 is 11.6 Å². The fourth-order valence-electron chi connectivity index (χ4n) is 2.77. The van der Waals surface area contributed by atoms with Gasteiger partial charge in [-0.2, -0.15) is 9.78 Å². The molecule has 1 N–H and O–H groups in total. The molecule has 2 aromatic heterocycles. The summed E-state index contributed by atoms with van der Waals surface area (Å²) in [5, 5.41) is 18.6. The number of hydrogen-bond acceptors (Lipinski definition) is 5. The largest absolute Gasteiger partial charge is 0.320 e. The van der Waals surface area contributed by atoms with Crippen LogP contribution in [0.15, 0.2) is 24.3 Å². The van der Waals surface area contributed by atoms with E-state index >= 15 is 0 Å². The van der Waals surface area contributed by atoms with Gasteiger partial charge in [0, 0.05) is 18.2 Å². The number of aromatic nitrogens is 6. The molecule has 0 bridgehead atoms. The molecule has 0 unspecified atom stereocenters. The first-order valence-corrected chi connectivity index (χ1v) is 9.41. The second-order valence-electron chi connectivity index (χ2n) is 6.99. The van der Waals surface area contributed by atoms with Gasteiger partial charge in [-0.15, -0.1) is 5.10 Å². The Hall–Kier alpha value is -3.07. The Labute approximate surface area is 172 Å². The zero-order valence-electron chi connectivity index (χ0n) is 16.5. The van der Waals surface area contributed by atoms with Crippen LogP contribution in [0.3, 0.4) is 0 Å². The van der Waals surface area contributed by atoms with Crippen LogP contribution in [0.1, 0.15) is 30.9 Å². The minimum Gasteiger partial charge on any atom is -0.320 e. The smallest absolute Gasteiger partial charge is 0.248 e. The maximum atomic E-state index is 14.2. The van der Waals surface area contributed by atoms with Crippen molar-refractivity contribution in [3.8, 4) is 5.69 Å². The van der Waals surface area contributed by atoms with Crippen molar-refractivity contribution >= 4 is 29.3 Å². The summed E-state index contributed by atoms with van der Waals surface area (Å²) in [5.41, 5.74) is 1.91. The molecular formula is C19H21ClFN7O. The predicted octanol–water partition coefficient (Wildman–Crippen LogP) is 3.58. The van der Waals surface area contributed by atoms with Gasteiger partial charge in [-0.25, -0.2) is 4.39 Å². The van der Waals surface area contributed by atoms with Crippen molar-refractivity contribution in [3.63, 3.8) is 0 Å². The fraction of sp³-hybridized carbons (Fsp3) is 0.316. The number of carbonyl (C=O) groups is 1. The second kappa shape index (κ2) is 8.52. The van der Waals surface area contributed by atoms with E-state index in [9.17, 15) is 9.18 Å². The molecule has 0 aliphatic heterocycles. The van der Waals surface area contributed by atoms with Gasteiger partial charge in [0.15, 0.2) is 5.82 Å². The van der Waals surface area contributed by atoms with E-state index in [0.717, 1.165) is 0 Å². The molecule has 0 atom stereocenters. The van der Waals surface area contributed by atoms with Gasteiger partial charge in [-0.1, -0.05) is 25.4 Å². The van der Waals surface area contributed by atoms with E-state index in [0.29, 0.717) is 40.4 Å². The Balaban J connectivity index is 1.78. The summed E-state index contributed by atoms with van der Waals surface area (Å²) in [6, 6.07) is 4.23. The van der Waals surface area contributed by atoms with Crippen LogP contribution in [0.4, 0.5) is 10.1 Å². The van der Waals surface area contributed by atoms with Crippen molar-refractivity contribution in [3.05, 3.63) is 52.3 Å². The molecule has 0 aliphatic rings. The lowest BCUT2D eigenvalue weighted by atomic mass is 10.2. The monoisotopic (exact) mass is 417 g/mol. The average Bonchev–Trinajstić information content (AvgIpc) is 3.18. The molecule has 152 valence electrons. The number of nitrogens with zero attached hydrogens (tertiary/aromatic N) is 6. The van der Waals surface area contributed by atoms with Gasteiger partial charge in [-0.05, 0) is 54.5 Å². The lowest BCUT2D eigenvalue weighted by molar-refractivity contribution is -0.111. The Morgan fingerprint density at radius 3 is 2.76 bits per heavy atom. The molecule has 29 heavy (non-hydrogen) atoms. The average molecular weight is 418 g/mol. The molecule has 0 radical (unpaired) electrons. The number of tetrazole rings is 1. The zero-order valence-corrected chi connectivity index (χ0v) is 17.3. The quantitative estimate of drug-likeness (QED) is 0.619. The summed E-state index contributed by atoms with van der Waals surface area (Å²) < 4.78 is 17.3. The third-order valence-corrected chi connectivity index (χ3v) is 4.53. The van der Waals surface area contributed by atoms with Crippen molar-refractivity contribution in [2.75, 3.05) is 5.32 Å². The van der Waals surface area contributed by atoms with Crippen molar-refractivity contribution in [1.29, 1.82) is 0 Å². The summed E-state index contributed by atoms with van der Waals surface area (Å²) in [5.74, 6) is -0.148. The van der Waals surface area contributed by atoms with Gasteiger partial charge < -0.3 is 5.32 Å². The van der Waals surface area contributed by atoms with Crippen LogP contribution in [0.5, 0.6) is 0 Å². The van der Waals surface area contributed by atoms with E-state index in [2.05, 4.69) is 39.8 Å². The van der Waals surface area contributed by atoms with Gasteiger partial charge in [0.1, 0.15) is 11.0 Å². The minimum atomic E-state index is -0.569. The molecule has 1 amide bonds. The first kappa shape index (κ1) is 20.7. The topological polar surface area (TPSA) is 90.5 Å². The number of carbonyl (C=O) groups excluding carboxylic acids is 1. The number of aryl methyl sites for hydroxylation is 2. The fourth-order valence-corrected chi connectivity index (χ4v) is 3.07. The predicted molar refractivity (Wildman–Crippen MR) is 108 cm³/mol. The van der Waals surface area contributed by atoms with Crippen LogP contribution in [0.25, 0.3) is 11.8 Å². The summed E-state index contributed by atoms with van der Waals surface area (Å²) in [6.07, 6.45) is 2.87. The van der Waals surface area contributed by atoms with E-state index in [4.69, 9.17) is 11.6 Å². The Morgan fingerprint density at radius 1 is 1.34 bits per heavy atom. The van der Waals surface area contributed by atoms with Crippen molar-refractivity contribution < 1.29 is 9.18 Å². The van der Waals surface area contributed by atoms with E-state index in [-0.39, 0.29) is 5.69 Å². The number of anilines is 1. The standard InChI is InChI=1S/C19H21ClFN7O/c1-11(2)10-27-19(20)15(12(3)24-27)6-8-18(29)22-17-9-14(5-7-16(17)21)28-13(4)23-25-26-28/h5-9,11H,10H2,1-4H3,(H,22,29)/b8-6+.